The van der Waals surface area contributed by atoms with Gasteiger partial charge < -0.3 is 18.9 Å². The monoisotopic (exact) mass is 1020 g/mol. The Balaban J connectivity index is 2.87. The predicted molar refractivity (Wildman–Crippen MR) is 320 cm³/mol. The van der Waals surface area contributed by atoms with Gasteiger partial charge in [-0.3, -0.25) is 0 Å². The number of hydrogen-bond acceptors (Lipinski definition) is 5. The first-order valence-corrected chi connectivity index (χ1v) is 31.9. The van der Waals surface area contributed by atoms with Crippen molar-refractivity contribution < 1.29 is 23.7 Å². The van der Waals surface area contributed by atoms with Gasteiger partial charge in [-0.2, -0.15) is 0 Å². The van der Waals surface area contributed by atoms with E-state index in [1.165, 1.54) is 180 Å². The van der Waals surface area contributed by atoms with Crippen LogP contribution in [0.5, 0.6) is 17.2 Å². The molecule has 1 aromatic carbocycles. The summed E-state index contributed by atoms with van der Waals surface area (Å²) in [5.74, 6) is 10.5. The van der Waals surface area contributed by atoms with Crippen molar-refractivity contribution in [1.82, 2.24) is 0 Å². The molecule has 0 spiro atoms. The zero-order valence-electron chi connectivity index (χ0n) is 52.0. The molecule has 0 aliphatic heterocycles. The molecule has 5 heteroatoms. The van der Waals surface area contributed by atoms with E-state index in [9.17, 15) is 4.79 Å². The van der Waals surface area contributed by atoms with Crippen molar-refractivity contribution in [2.24, 2.45) is 71.0 Å². The molecule has 0 saturated heterocycles. The van der Waals surface area contributed by atoms with Crippen molar-refractivity contribution in [3.05, 3.63) is 17.7 Å². The maximum atomic E-state index is 13.1. The number of ether oxygens (including phenoxy) is 4. The molecule has 0 fully saturated rings. The number of methoxy groups -OCH3 is 1. The number of carbonyl (C=O) groups is 1. The van der Waals surface area contributed by atoms with Crippen molar-refractivity contribution >= 4 is 5.97 Å². The van der Waals surface area contributed by atoms with Gasteiger partial charge >= 0.3 is 5.97 Å². The lowest BCUT2D eigenvalue weighted by Gasteiger charge is -2.21. The van der Waals surface area contributed by atoms with Crippen molar-refractivity contribution in [3.8, 4) is 17.2 Å². The van der Waals surface area contributed by atoms with E-state index in [0.29, 0.717) is 60.4 Å². The molecular formula is C68H128O5. The first-order chi connectivity index (χ1) is 34.8. The van der Waals surface area contributed by atoms with E-state index in [1.807, 2.05) is 12.1 Å². The minimum atomic E-state index is -0.383. The Kier molecular flexibility index (Phi) is 40.8. The molecule has 0 aromatic heterocycles. The highest BCUT2D eigenvalue weighted by atomic mass is 16.5. The summed E-state index contributed by atoms with van der Waals surface area (Å²) in [6.45, 7) is 37.6. The van der Waals surface area contributed by atoms with E-state index in [-0.39, 0.29) is 5.97 Å². The maximum absolute atomic E-state index is 13.1. The van der Waals surface area contributed by atoms with E-state index in [2.05, 4.69) is 104 Å². The SMILES string of the molecule is COC(=O)c1cc(OCCC(C)CCCC(C)CCCC(C)CCCC(C)C)c(OCCC(C)CCCC(C)CCCC(C)CCCC(C)C)c(OCCC(C)CCCC(C)CCCC(C)CCCC(C)C)c1. The van der Waals surface area contributed by atoms with Crippen molar-refractivity contribution in [3.63, 3.8) is 0 Å². The lowest BCUT2D eigenvalue weighted by Crippen LogP contribution is -2.12. The third kappa shape index (κ3) is 38.3. The van der Waals surface area contributed by atoms with Crippen LogP contribution in [0.25, 0.3) is 0 Å². The molecule has 0 heterocycles. The summed E-state index contributed by atoms with van der Waals surface area (Å²) in [7, 11) is 1.45. The summed E-state index contributed by atoms with van der Waals surface area (Å²) >= 11 is 0. The maximum Gasteiger partial charge on any atom is 0.338 e. The molecule has 1 aromatic rings. The van der Waals surface area contributed by atoms with Crippen LogP contribution in [-0.2, 0) is 4.74 Å². The molecule has 9 unspecified atom stereocenters. The highest BCUT2D eigenvalue weighted by Crippen LogP contribution is 2.40. The van der Waals surface area contributed by atoms with Crippen LogP contribution in [0.3, 0.4) is 0 Å². The molecule has 0 bridgehead atoms. The second kappa shape index (κ2) is 43.1. The fourth-order valence-electron chi connectivity index (χ4n) is 11.1. The van der Waals surface area contributed by atoms with Gasteiger partial charge in [0.05, 0.1) is 32.5 Å². The van der Waals surface area contributed by atoms with Crippen LogP contribution in [0.4, 0.5) is 0 Å². The van der Waals surface area contributed by atoms with Crippen LogP contribution in [0.1, 0.15) is 307 Å². The van der Waals surface area contributed by atoms with Crippen molar-refractivity contribution in [2.45, 2.75) is 296 Å². The molecule has 0 aliphatic carbocycles. The first-order valence-electron chi connectivity index (χ1n) is 31.9. The van der Waals surface area contributed by atoms with E-state index in [0.717, 1.165) is 72.5 Å². The average Bonchev–Trinajstić information content (AvgIpc) is 3.31. The Labute approximate surface area is 457 Å². The molecular weight excluding hydrogens is 897 g/mol. The quantitative estimate of drug-likeness (QED) is 0.0609. The van der Waals surface area contributed by atoms with Gasteiger partial charge in [-0.05, 0) is 102 Å². The third-order valence-corrected chi connectivity index (χ3v) is 16.8. The van der Waals surface area contributed by atoms with Crippen LogP contribution >= 0.6 is 0 Å². The number of rotatable bonds is 49. The first kappa shape index (κ1) is 69.1. The summed E-state index contributed by atoms with van der Waals surface area (Å²) in [6.07, 6.45) is 38.9. The van der Waals surface area contributed by atoms with E-state index >= 15 is 0 Å². The third-order valence-electron chi connectivity index (χ3n) is 16.8. The van der Waals surface area contributed by atoms with Gasteiger partial charge in [0.2, 0.25) is 5.75 Å². The number of hydrogen-bond donors (Lipinski definition) is 0. The summed E-state index contributed by atoms with van der Waals surface area (Å²) < 4.78 is 25.2. The zero-order chi connectivity index (χ0) is 54.4. The Morgan fingerprint density at radius 1 is 0.315 bits per heavy atom. The van der Waals surface area contributed by atoms with Crippen molar-refractivity contribution in [2.75, 3.05) is 26.9 Å². The topological polar surface area (TPSA) is 54.0 Å². The normalized spacial score (nSPS) is 15.8. The molecule has 0 aliphatic rings. The number of benzene rings is 1. The standard InChI is InChI=1S/C68H128O5/c1-52(2)26-17-29-55(7)32-20-35-58(10)38-23-41-61(13)44-47-71-65-50-64(68(69)70-16)51-66(72-48-45-62(14)42-24-39-59(11)36-21-33-56(8)30-18-27-53(3)4)67(65)73-49-46-63(15)43-25-40-60(12)37-22-34-57(9)31-19-28-54(5)6/h50-63H,17-49H2,1-16H3. The van der Waals surface area contributed by atoms with Crippen LogP contribution < -0.4 is 14.2 Å². The molecule has 1 rings (SSSR count). The lowest BCUT2D eigenvalue weighted by molar-refractivity contribution is 0.0599. The molecule has 0 radical (unpaired) electrons. The van der Waals surface area contributed by atoms with E-state index < -0.39 is 0 Å². The average molecular weight is 1030 g/mol. The summed E-state index contributed by atoms with van der Waals surface area (Å²) in [6, 6.07) is 3.64. The van der Waals surface area contributed by atoms with Crippen LogP contribution in [0.15, 0.2) is 12.1 Å². The molecule has 0 saturated carbocycles. The largest absolute Gasteiger partial charge is 0.490 e. The van der Waals surface area contributed by atoms with E-state index in [1.54, 1.807) is 0 Å². The summed E-state index contributed by atoms with van der Waals surface area (Å²) in [4.78, 5) is 13.1. The van der Waals surface area contributed by atoms with Gasteiger partial charge in [0.15, 0.2) is 11.5 Å². The van der Waals surface area contributed by atoms with E-state index in [4.69, 9.17) is 18.9 Å². The van der Waals surface area contributed by atoms with Gasteiger partial charge in [-0.1, -0.05) is 277 Å². The number of carbonyl (C=O) groups excluding carboxylic acids is 1. The van der Waals surface area contributed by atoms with Gasteiger partial charge in [-0.25, -0.2) is 4.79 Å². The lowest BCUT2D eigenvalue weighted by atomic mass is 9.91. The molecule has 73 heavy (non-hydrogen) atoms. The Morgan fingerprint density at radius 2 is 0.521 bits per heavy atom. The minimum absolute atomic E-state index is 0.383. The molecule has 0 amide bonds. The van der Waals surface area contributed by atoms with Gasteiger partial charge in [-0.15, -0.1) is 0 Å². The summed E-state index contributed by atoms with van der Waals surface area (Å²) in [5.41, 5.74) is 0.446. The van der Waals surface area contributed by atoms with Gasteiger partial charge in [0.25, 0.3) is 0 Å². The second-order valence-corrected chi connectivity index (χ2v) is 26.7. The molecule has 0 N–H and O–H groups in total. The molecule has 5 nitrogen and oxygen atoms in total. The number of esters is 1. The Hall–Kier alpha value is -1.91. The second-order valence-electron chi connectivity index (χ2n) is 26.7. The van der Waals surface area contributed by atoms with Crippen LogP contribution in [0, 0.1) is 71.0 Å². The molecule has 430 valence electrons. The Morgan fingerprint density at radius 3 is 0.740 bits per heavy atom. The smallest absolute Gasteiger partial charge is 0.338 e. The Bertz CT molecular complexity index is 1360. The van der Waals surface area contributed by atoms with Crippen LogP contribution in [-0.4, -0.2) is 32.9 Å². The fraction of sp³-hybridized carbons (Fsp3) is 0.897. The van der Waals surface area contributed by atoms with Crippen molar-refractivity contribution in [1.29, 1.82) is 0 Å². The van der Waals surface area contributed by atoms with Gasteiger partial charge in [0.1, 0.15) is 0 Å². The van der Waals surface area contributed by atoms with Crippen LogP contribution in [0.2, 0.25) is 0 Å². The zero-order valence-corrected chi connectivity index (χ0v) is 52.0. The summed E-state index contributed by atoms with van der Waals surface area (Å²) in [5, 5.41) is 0. The highest BCUT2D eigenvalue weighted by Gasteiger charge is 2.21. The molecule has 9 atom stereocenters. The fourth-order valence-corrected chi connectivity index (χ4v) is 11.1. The minimum Gasteiger partial charge on any atom is -0.490 e. The predicted octanol–water partition coefficient (Wildman–Crippen LogP) is 22.0. The van der Waals surface area contributed by atoms with Gasteiger partial charge in [0, 0.05) is 0 Å². The highest BCUT2D eigenvalue weighted by molar-refractivity contribution is 5.91.